The summed E-state index contributed by atoms with van der Waals surface area (Å²) in [6, 6.07) is 6.97. The average molecular weight is 445 g/mol. The number of amides is 1. The van der Waals surface area contributed by atoms with E-state index < -0.39 is 48.9 Å². The summed E-state index contributed by atoms with van der Waals surface area (Å²) in [5, 5.41) is 9.95. The number of alkyl halides is 1. The number of benzene rings is 1. The Hall–Kier alpha value is -0.220. The molecular weight excluding hydrogens is 436 g/mol. The molecule has 0 saturated heterocycles. The van der Waals surface area contributed by atoms with Crippen molar-refractivity contribution >= 4 is 7.70 Å². The first-order chi connectivity index (χ1) is 7.65. The van der Waals surface area contributed by atoms with Crippen molar-refractivity contribution in [1.29, 1.82) is 0 Å². The second-order valence-electron chi connectivity index (χ2n) is 3.08. The number of nitrogens with zero attached hydrogens (tertiary/aromatic N) is 1. The fourth-order valence-corrected chi connectivity index (χ4v) is 5.63. The van der Waals surface area contributed by atoms with Crippen LogP contribution in [0.2, 0.25) is 0 Å². The van der Waals surface area contributed by atoms with Gasteiger partial charge in [-0.05, 0) is 0 Å². The fraction of sp³-hybridized carbons (Fsp3) is 0.200. The quantitative estimate of drug-likeness (QED) is 0.220. The molecule has 6 heteroatoms. The molecule has 1 aliphatic rings. The first-order valence-corrected chi connectivity index (χ1v) is 9.72. The van der Waals surface area contributed by atoms with Crippen LogP contribution in [0.3, 0.4) is 0 Å². The van der Waals surface area contributed by atoms with E-state index in [2.05, 4.69) is 0 Å². The summed E-state index contributed by atoms with van der Waals surface area (Å²) in [6.07, 6.45) is -0.920. The Balaban J connectivity index is 2.28. The van der Waals surface area contributed by atoms with E-state index in [-0.39, 0.29) is 7.70 Å². The van der Waals surface area contributed by atoms with Crippen molar-refractivity contribution in [3.63, 3.8) is 0 Å². The molecule has 0 bridgehead atoms. The molecule has 1 N–H and O–H groups in total. The molecule has 0 saturated carbocycles. The summed E-state index contributed by atoms with van der Waals surface area (Å²) in [5.74, 6) is -0.207. The van der Waals surface area contributed by atoms with Gasteiger partial charge >= 0.3 is 115 Å². The molecule has 2 rings (SSSR count). The molecule has 16 heavy (non-hydrogen) atoms. The standard InChI is InChI=1S/C10H9I2NO3/c1-11-10(16)12-13-8(14)6-4-2-3-5-7(6)9(13)15/h2-5,8,14H,1H3/q-2. The minimum atomic E-state index is -1.03. The van der Waals surface area contributed by atoms with Crippen molar-refractivity contribution < 1.29 is 57.4 Å². The molecular formula is C10H9I2NO3-2. The number of aliphatic hydroxyl groups excluding tert-OH is 1. The van der Waals surface area contributed by atoms with Gasteiger partial charge in [-0.25, -0.2) is 0 Å². The van der Waals surface area contributed by atoms with E-state index in [0.717, 1.165) is 0 Å². The number of carbonyl (C=O) groups is 2. The van der Waals surface area contributed by atoms with Gasteiger partial charge in [-0.3, -0.25) is 0 Å². The first-order valence-electron chi connectivity index (χ1n) is 4.44. The van der Waals surface area contributed by atoms with Crippen LogP contribution in [-0.4, -0.2) is 20.9 Å². The van der Waals surface area contributed by atoms with Gasteiger partial charge in [0.1, 0.15) is 0 Å². The summed E-state index contributed by atoms with van der Waals surface area (Å²) in [4.78, 5) is 25.2. The van der Waals surface area contributed by atoms with E-state index >= 15 is 0 Å². The maximum absolute atomic E-state index is 11.9. The topological polar surface area (TPSA) is 57.6 Å². The van der Waals surface area contributed by atoms with Gasteiger partial charge in [-0.2, -0.15) is 0 Å². The molecule has 1 heterocycles. The molecule has 1 aliphatic heterocycles. The normalized spacial score (nSPS) is 19.2. The summed E-state index contributed by atoms with van der Waals surface area (Å²) in [7, 11) is 0. The predicted octanol–water partition coefficient (Wildman–Crippen LogP) is -5.02. The average Bonchev–Trinajstić information content (AvgIpc) is 2.55. The third kappa shape index (κ3) is 2.09. The van der Waals surface area contributed by atoms with E-state index in [4.69, 9.17) is 0 Å². The Bertz CT molecular complexity index is 449. The van der Waals surface area contributed by atoms with E-state index in [1.54, 1.807) is 24.3 Å². The summed E-state index contributed by atoms with van der Waals surface area (Å²) in [5.41, 5.74) is 1.14. The zero-order valence-corrected chi connectivity index (χ0v) is 12.7. The van der Waals surface area contributed by atoms with Crippen LogP contribution in [0.25, 0.3) is 0 Å². The Morgan fingerprint density at radius 2 is 2.12 bits per heavy atom. The monoisotopic (exact) mass is 445 g/mol. The van der Waals surface area contributed by atoms with Crippen molar-refractivity contribution in [2.45, 2.75) is 6.23 Å². The molecule has 1 atom stereocenters. The minimum absolute atomic E-state index is 0.165. The summed E-state index contributed by atoms with van der Waals surface area (Å²) < 4.78 is 1.51. The van der Waals surface area contributed by atoms with Crippen molar-refractivity contribution in [3.8, 4) is 0 Å². The number of hydrogen-bond donors (Lipinski definition) is 1. The van der Waals surface area contributed by atoms with Crippen LogP contribution in [0.15, 0.2) is 24.3 Å². The van der Waals surface area contributed by atoms with Crippen molar-refractivity contribution in [2.24, 2.45) is 0 Å². The van der Waals surface area contributed by atoms with Gasteiger partial charge in [0.05, 0.1) is 0 Å². The molecule has 1 unspecified atom stereocenters. The molecule has 0 radical (unpaired) electrons. The fourth-order valence-electron chi connectivity index (χ4n) is 1.45. The number of aliphatic hydroxyl groups is 1. The van der Waals surface area contributed by atoms with Crippen LogP contribution >= 0.6 is 0 Å². The number of fused-ring (bicyclic) bond motifs is 1. The van der Waals surface area contributed by atoms with E-state index in [1.165, 1.54) is 3.11 Å². The van der Waals surface area contributed by atoms with Crippen LogP contribution in [0.5, 0.6) is 0 Å². The predicted molar refractivity (Wildman–Crippen MR) is 48.9 cm³/mol. The molecule has 0 aliphatic carbocycles. The van der Waals surface area contributed by atoms with E-state index in [1.807, 2.05) is 4.93 Å². The number of hydrogen-bond acceptors (Lipinski definition) is 3. The molecule has 1 aromatic carbocycles. The van der Waals surface area contributed by atoms with Crippen LogP contribution < -0.4 is 42.7 Å². The van der Waals surface area contributed by atoms with E-state index in [0.29, 0.717) is 11.1 Å². The van der Waals surface area contributed by atoms with Crippen molar-refractivity contribution in [3.05, 3.63) is 35.4 Å². The van der Waals surface area contributed by atoms with Crippen molar-refractivity contribution in [2.75, 3.05) is 4.93 Å². The second-order valence-corrected chi connectivity index (χ2v) is 9.70. The SMILES string of the molecule is C[I-]C(=O)[I-]N1C(=O)c2ccccc2C1O. The first kappa shape index (κ1) is 12.2. The van der Waals surface area contributed by atoms with Gasteiger partial charge in [-0.15, -0.1) is 0 Å². The zero-order valence-electron chi connectivity index (χ0n) is 8.35. The van der Waals surface area contributed by atoms with Crippen LogP contribution in [0.1, 0.15) is 22.1 Å². The summed E-state index contributed by atoms with van der Waals surface area (Å²) >= 11 is -1.51. The van der Waals surface area contributed by atoms with Crippen molar-refractivity contribution in [1.82, 2.24) is 3.11 Å². The van der Waals surface area contributed by atoms with Gasteiger partial charge in [0.15, 0.2) is 0 Å². The number of carbonyl (C=O) groups excluding carboxylic acids is 2. The molecule has 4 nitrogen and oxygen atoms in total. The Morgan fingerprint density at radius 3 is 2.75 bits per heavy atom. The Kier molecular flexibility index (Phi) is 3.80. The van der Waals surface area contributed by atoms with Crippen LogP contribution in [0.4, 0.5) is 4.79 Å². The molecule has 0 aromatic heterocycles. The third-order valence-corrected chi connectivity index (χ3v) is 8.86. The van der Waals surface area contributed by atoms with Crippen LogP contribution in [0, 0.1) is 0 Å². The third-order valence-electron chi connectivity index (χ3n) is 2.18. The van der Waals surface area contributed by atoms with Gasteiger partial charge in [0, 0.05) is 0 Å². The zero-order chi connectivity index (χ0) is 11.7. The summed E-state index contributed by atoms with van der Waals surface area (Å²) in [6.45, 7) is 0. The van der Waals surface area contributed by atoms with Gasteiger partial charge in [0.25, 0.3) is 0 Å². The number of halogens is 2. The maximum atomic E-state index is 11.9. The van der Waals surface area contributed by atoms with Gasteiger partial charge in [0.2, 0.25) is 0 Å². The van der Waals surface area contributed by atoms with E-state index in [9.17, 15) is 14.7 Å². The molecule has 88 valence electrons. The Morgan fingerprint density at radius 1 is 1.44 bits per heavy atom. The molecule has 0 fully saturated rings. The number of rotatable bonds is 3. The molecule has 1 aromatic rings. The van der Waals surface area contributed by atoms with Crippen LogP contribution in [-0.2, 0) is 0 Å². The second kappa shape index (κ2) is 4.96. The van der Waals surface area contributed by atoms with Gasteiger partial charge in [-0.1, -0.05) is 0 Å². The van der Waals surface area contributed by atoms with Gasteiger partial charge < -0.3 is 0 Å². The Labute approximate surface area is 114 Å². The molecule has 0 spiro atoms. The molecule has 1 amide bonds.